The predicted molar refractivity (Wildman–Crippen MR) is 69.4 cm³/mol. The molecule has 0 radical (unpaired) electrons. The van der Waals surface area contributed by atoms with Crippen LogP contribution in [0.2, 0.25) is 0 Å². The number of nitrogens with one attached hydrogen (secondary N) is 1. The van der Waals surface area contributed by atoms with E-state index < -0.39 is 34.8 Å². The van der Waals surface area contributed by atoms with Gasteiger partial charge in [0.15, 0.2) is 23.3 Å². The van der Waals surface area contributed by atoms with Crippen LogP contribution in [0.3, 0.4) is 0 Å². The normalized spacial score (nSPS) is 22.9. The topological polar surface area (TPSA) is 12.0 Å². The van der Waals surface area contributed by atoms with E-state index in [1.54, 1.807) is 11.8 Å². The van der Waals surface area contributed by atoms with E-state index in [1.807, 2.05) is 6.26 Å². The first kappa shape index (κ1) is 15.4. The molecule has 1 N–H and O–H groups in total. The molecule has 0 amide bonds. The first-order valence-electron chi connectivity index (χ1n) is 6.26. The maximum absolute atomic E-state index is 13.5. The Bertz CT molecular complexity index is 471. The smallest absolute Gasteiger partial charge is 0.200 e. The molecule has 1 saturated carbocycles. The van der Waals surface area contributed by atoms with E-state index in [9.17, 15) is 22.0 Å². The van der Waals surface area contributed by atoms with Gasteiger partial charge in [-0.3, -0.25) is 0 Å². The Kier molecular flexibility index (Phi) is 4.78. The Morgan fingerprint density at radius 2 is 1.25 bits per heavy atom. The van der Waals surface area contributed by atoms with Crippen LogP contribution < -0.4 is 5.32 Å². The summed E-state index contributed by atoms with van der Waals surface area (Å²) in [6, 6.07) is -0.272. The summed E-state index contributed by atoms with van der Waals surface area (Å²) in [6.45, 7) is 0. The molecule has 1 nitrogen and oxygen atoms in total. The molecule has 20 heavy (non-hydrogen) atoms. The summed E-state index contributed by atoms with van der Waals surface area (Å²) >= 11 is 1.72. The van der Waals surface area contributed by atoms with Crippen LogP contribution in [0.25, 0.3) is 0 Å². The standard InChI is InChI=1S/C13H14F5NS/c1-20-7-4-2-6(3-5-7)19-13-11(17)9(15)8(14)10(16)12(13)18/h6-7,19H,2-5H2,1H3. The minimum Gasteiger partial charge on any atom is -0.377 e. The summed E-state index contributed by atoms with van der Waals surface area (Å²) in [6.07, 6.45) is 4.99. The van der Waals surface area contributed by atoms with Crippen molar-refractivity contribution in [2.75, 3.05) is 11.6 Å². The zero-order valence-corrected chi connectivity index (χ0v) is 11.6. The monoisotopic (exact) mass is 311 g/mol. The Labute approximate surface area is 117 Å². The summed E-state index contributed by atoms with van der Waals surface area (Å²) in [4.78, 5) is 0. The molecule has 0 aliphatic heterocycles. The molecule has 0 aromatic heterocycles. The zero-order chi connectivity index (χ0) is 14.9. The Hall–Kier alpha value is -0.980. The van der Waals surface area contributed by atoms with Crippen molar-refractivity contribution < 1.29 is 22.0 Å². The van der Waals surface area contributed by atoms with Gasteiger partial charge in [0.1, 0.15) is 5.69 Å². The molecule has 7 heteroatoms. The van der Waals surface area contributed by atoms with E-state index in [2.05, 4.69) is 5.32 Å². The quantitative estimate of drug-likeness (QED) is 0.502. The van der Waals surface area contributed by atoms with Crippen LogP contribution in [0.1, 0.15) is 25.7 Å². The van der Waals surface area contributed by atoms with Crippen LogP contribution in [0.15, 0.2) is 0 Å². The molecule has 0 unspecified atom stereocenters. The molecule has 0 atom stereocenters. The largest absolute Gasteiger partial charge is 0.377 e. The average molecular weight is 311 g/mol. The van der Waals surface area contributed by atoms with Crippen molar-refractivity contribution in [3.05, 3.63) is 29.1 Å². The third-order valence-corrected chi connectivity index (χ3v) is 4.70. The van der Waals surface area contributed by atoms with Crippen LogP contribution in [-0.4, -0.2) is 17.5 Å². The van der Waals surface area contributed by atoms with Gasteiger partial charge in [-0.25, -0.2) is 22.0 Å². The van der Waals surface area contributed by atoms with E-state index >= 15 is 0 Å². The van der Waals surface area contributed by atoms with Gasteiger partial charge in [0.25, 0.3) is 0 Å². The molecule has 112 valence electrons. The minimum absolute atomic E-state index is 0.272. The number of anilines is 1. The van der Waals surface area contributed by atoms with Crippen molar-refractivity contribution in [1.82, 2.24) is 0 Å². The third kappa shape index (κ3) is 2.87. The molecular weight excluding hydrogens is 297 g/mol. The molecule has 2 rings (SSSR count). The average Bonchev–Trinajstić information content (AvgIpc) is 2.48. The maximum atomic E-state index is 13.5. The molecule has 0 bridgehead atoms. The fourth-order valence-corrected chi connectivity index (χ4v) is 3.12. The minimum atomic E-state index is -2.13. The second-order valence-electron chi connectivity index (χ2n) is 4.80. The summed E-state index contributed by atoms with van der Waals surface area (Å²) in [5.41, 5.74) is -0.922. The second kappa shape index (κ2) is 6.20. The number of benzene rings is 1. The highest BCUT2D eigenvalue weighted by Crippen LogP contribution is 2.32. The van der Waals surface area contributed by atoms with Crippen LogP contribution in [-0.2, 0) is 0 Å². The lowest BCUT2D eigenvalue weighted by Gasteiger charge is -2.29. The highest BCUT2D eigenvalue weighted by molar-refractivity contribution is 7.99. The van der Waals surface area contributed by atoms with Crippen molar-refractivity contribution in [2.45, 2.75) is 37.0 Å². The van der Waals surface area contributed by atoms with Gasteiger partial charge in [0.05, 0.1) is 0 Å². The molecule has 1 fully saturated rings. The Balaban J connectivity index is 2.18. The lowest BCUT2D eigenvalue weighted by molar-refractivity contribution is 0.378. The van der Waals surface area contributed by atoms with Crippen molar-refractivity contribution in [3.8, 4) is 0 Å². The summed E-state index contributed by atoms with van der Waals surface area (Å²) in [5, 5.41) is 2.96. The number of hydrogen-bond acceptors (Lipinski definition) is 2. The SMILES string of the molecule is CSC1CCC(Nc2c(F)c(F)c(F)c(F)c2F)CC1. The summed E-state index contributed by atoms with van der Waals surface area (Å²) in [5.74, 6) is -9.55. The third-order valence-electron chi connectivity index (χ3n) is 3.57. The van der Waals surface area contributed by atoms with Crippen LogP contribution >= 0.6 is 11.8 Å². The molecule has 0 saturated heterocycles. The van der Waals surface area contributed by atoms with Crippen LogP contribution in [0.4, 0.5) is 27.6 Å². The highest BCUT2D eigenvalue weighted by Gasteiger charge is 2.28. The van der Waals surface area contributed by atoms with Gasteiger partial charge in [0, 0.05) is 11.3 Å². The Morgan fingerprint density at radius 1 is 0.800 bits per heavy atom. The van der Waals surface area contributed by atoms with Gasteiger partial charge >= 0.3 is 0 Å². The molecule has 1 aliphatic carbocycles. The predicted octanol–water partition coefficient (Wildman–Crippen LogP) is 4.47. The van der Waals surface area contributed by atoms with E-state index in [-0.39, 0.29) is 6.04 Å². The lowest BCUT2D eigenvalue weighted by Crippen LogP contribution is -2.28. The van der Waals surface area contributed by atoms with E-state index in [1.165, 1.54) is 0 Å². The van der Waals surface area contributed by atoms with Gasteiger partial charge in [0.2, 0.25) is 5.82 Å². The highest BCUT2D eigenvalue weighted by atomic mass is 32.2. The van der Waals surface area contributed by atoms with E-state index in [0.717, 1.165) is 12.8 Å². The molecule has 1 aromatic rings. The van der Waals surface area contributed by atoms with Crippen LogP contribution in [0, 0.1) is 29.1 Å². The van der Waals surface area contributed by atoms with Gasteiger partial charge in [-0.1, -0.05) is 0 Å². The number of hydrogen-bond donors (Lipinski definition) is 1. The molecule has 0 heterocycles. The summed E-state index contributed by atoms with van der Waals surface area (Å²) < 4.78 is 66.1. The van der Waals surface area contributed by atoms with E-state index in [0.29, 0.717) is 18.1 Å². The first-order chi connectivity index (χ1) is 9.45. The molecule has 1 aromatic carbocycles. The van der Waals surface area contributed by atoms with Crippen molar-refractivity contribution in [2.24, 2.45) is 0 Å². The molecular formula is C13H14F5NS. The number of halogens is 5. The zero-order valence-electron chi connectivity index (χ0n) is 10.8. The van der Waals surface area contributed by atoms with Gasteiger partial charge in [-0.2, -0.15) is 11.8 Å². The maximum Gasteiger partial charge on any atom is 0.200 e. The van der Waals surface area contributed by atoms with Crippen LogP contribution in [0.5, 0.6) is 0 Å². The Morgan fingerprint density at radius 3 is 1.70 bits per heavy atom. The van der Waals surface area contributed by atoms with Gasteiger partial charge in [-0.05, 0) is 31.9 Å². The second-order valence-corrected chi connectivity index (χ2v) is 5.94. The molecule has 0 spiro atoms. The molecule has 1 aliphatic rings. The lowest BCUT2D eigenvalue weighted by atomic mass is 9.94. The van der Waals surface area contributed by atoms with Gasteiger partial charge < -0.3 is 5.32 Å². The van der Waals surface area contributed by atoms with E-state index in [4.69, 9.17) is 0 Å². The number of thioether (sulfide) groups is 1. The number of rotatable bonds is 3. The fraction of sp³-hybridized carbons (Fsp3) is 0.538. The fourth-order valence-electron chi connectivity index (χ4n) is 2.38. The van der Waals surface area contributed by atoms with Crippen molar-refractivity contribution >= 4 is 17.4 Å². The van der Waals surface area contributed by atoms with Crippen molar-refractivity contribution in [3.63, 3.8) is 0 Å². The first-order valence-corrected chi connectivity index (χ1v) is 7.55. The summed E-state index contributed by atoms with van der Waals surface area (Å²) in [7, 11) is 0. The van der Waals surface area contributed by atoms with Gasteiger partial charge in [-0.15, -0.1) is 0 Å². The van der Waals surface area contributed by atoms with Crippen molar-refractivity contribution in [1.29, 1.82) is 0 Å².